The number of ether oxygens (including phenoxy) is 5. The Morgan fingerprint density at radius 3 is 2.15 bits per heavy atom. The van der Waals surface area contributed by atoms with Crippen molar-refractivity contribution in [3.05, 3.63) is 29.0 Å². The molecule has 1 N–H and O–H groups in total. The van der Waals surface area contributed by atoms with Gasteiger partial charge in [-0.1, -0.05) is 24.4 Å². The summed E-state index contributed by atoms with van der Waals surface area (Å²) in [5, 5.41) is 2.72. The van der Waals surface area contributed by atoms with Crippen LogP contribution in [0.2, 0.25) is 5.02 Å². The number of carbonyl (C=O) groups is 1. The summed E-state index contributed by atoms with van der Waals surface area (Å²) in [4.78, 5) is 13.3. The van der Waals surface area contributed by atoms with E-state index in [9.17, 15) is 9.18 Å². The van der Waals surface area contributed by atoms with E-state index >= 15 is 0 Å². The molecule has 3 aliphatic heterocycles. The van der Waals surface area contributed by atoms with E-state index in [4.69, 9.17) is 35.3 Å². The molecule has 1 amide bonds. The smallest absolute Gasteiger partial charge is 0.256 e. The molecule has 0 unspecified atom stereocenters. The fraction of sp³-hybridized carbons (Fsp3) is 0.708. The highest BCUT2D eigenvalue weighted by molar-refractivity contribution is 6.31. The first-order chi connectivity index (χ1) is 16.0. The van der Waals surface area contributed by atoms with Crippen LogP contribution in [0.15, 0.2) is 18.2 Å². The molecule has 1 aromatic rings. The molecular formula is C24H29ClFNO6. The maximum Gasteiger partial charge on any atom is 0.256 e. The number of carbonyl (C=O) groups excluding carboxylic acids is 1. The number of rotatable bonds is 2. The molecule has 5 aliphatic rings. The minimum atomic E-state index is -0.955. The lowest BCUT2D eigenvalue weighted by Gasteiger charge is -2.36. The predicted molar refractivity (Wildman–Crippen MR) is 116 cm³/mol. The van der Waals surface area contributed by atoms with Gasteiger partial charge in [0.15, 0.2) is 24.0 Å². The number of amides is 1. The minimum absolute atomic E-state index is 0.0660. The summed E-state index contributed by atoms with van der Waals surface area (Å²) in [7, 11) is 0. The Hall–Kier alpha value is -1.29. The van der Waals surface area contributed by atoms with Crippen molar-refractivity contribution in [1.82, 2.24) is 0 Å². The summed E-state index contributed by atoms with van der Waals surface area (Å²) in [6.07, 6.45) is 6.37. The molecule has 6 rings (SSSR count). The van der Waals surface area contributed by atoms with Crippen LogP contribution in [0.5, 0.6) is 0 Å². The fourth-order valence-electron chi connectivity index (χ4n) is 5.96. The highest BCUT2D eigenvalue weighted by Crippen LogP contribution is 2.51. The van der Waals surface area contributed by atoms with Gasteiger partial charge in [0.25, 0.3) is 5.91 Å². The lowest BCUT2D eigenvalue weighted by Crippen LogP contribution is -2.58. The number of hydrogen-bond acceptors (Lipinski definition) is 6. The van der Waals surface area contributed by atoms with Crippen LogP contribution in [0.4, 0.5) is 10.1 Å². The number of fused-ring (bicyclic) bond motifs is 3. The largest absolute Gasteiger partial charge is 0.341 e. The van der Waals surface area contributed by atoms with Crippen LogP contribution in [-0.2, 0) is 28.5 Å². The van der Waals surface area contributed by atoms with E-state index in [-0.39, 0.29) is 5.02 Å². The van der Waals surface area contributed by atoms with Gasteiger partial charge in [0, 0.05) is 31.4 Å². The Labute approximate surface area is 197 Å². The summed E-state index contributed by atoms with van der Waals surface area (Å²) in [5.41, 5.74) is 0.382. The van der Waals surface area contributed by atoms with E-state index in [2.05, 4.69) is 5.32 Å². The van der Waals surface area contributed by atoms with Crippen molar-refractivity contribution in [1.29, 1.82) is 0 Å². The second kappa shape index (κ2) is 8.43. The van der Waals surface area contributed by atoms with Crippen LogP contribution in [0.25, 0.3) is 0 Å². The number of anilines is 1. The predicted octanol–water partition coefficient (Wildman–Crippen LogP) is 4.66. The highest BCUT2D eigenvalue weighted by Gasteiger charge is 2.65. The van der Waals surface area contributed by atoms with Gasteiger partial charge in [-0.15, -0.1) is 0 Å². The second-order valence-electron chi connectivity index (χ2n) is 9.85. The highest BCUT2D eigenvalue weighted by atomic mass is 35.5. The van der Waals surface area contributed by atoms with Gasteiger partial charge in [-0.05, 0) is 43.9 Å². The molecule has 1 aromatic carbocycles. The first-order valence-electron chi connectivity index (χ1n) is 12.1. The van der Waals surface area contributed by atoms with Gasteiger partial charge in [-0.3, -0.25) is 4.79 Å². The summed E-state index contributed by atoms with van der Waals surface area (Å²) < 4.78 is 45.6. The molecule has 7 nitrogen and oxygen atoms in total. The Morgan fingerprint density at radius 2 is 1.48 bits per heavy atom. The van der Waals surface area contributed by atoms with E-state index in [1.54, 1.807) is 0 Å². The zero-order chi connectivity index (χ0) is 22.6. The lowest BCUT2D eigenvalue weighted by molar-refractivity contribution is -0.246. The third-order valence-electron chi connectivity index (χ3n) is 7.55. The quantitative estimate of drug-likeness (QED) is 0.662. The normalized spacial score (nSPS) is 36.5. The zero-order valence-electron chi connectivity index (χ0n) is 18.4. The van der Waals surface area contributed by atoms with Gasteiger partial charge in [0.2, 0.25) is 0 Å². The Balaban J connectivity index is 1.27. The minimum Gasteiger partial charge on any atom is -0.341 e. The van der Waals surface area contributed by atoms with Crippen LogP contribution in [0, 0.1) is 5.82 Å². The maximum atomic E-state index is 13.6. The molecule has 0 radical (unpaired) electrons. The first kappa shape index (κ1) is 22.2. The molecule has 0 bridgehead atoms. The van der Waals surface area contributed by atoms with E-state index in [0.29, 0.717) is 5.69 Å². The summed E-state index contributed by atoms with van der Waals surface area (Å²) in [6, 6.07) is 4.05. The SMILES string of the molecule is O=C(Nc1ccc(F)c(Cl)c1)[C@@H]1O[C@@H]2OC3(CCCCC3)O[C@@H]2[C@H]2OC3(CCCCC3)O[C@@H]21. The van der Waals surface area contributed by atoms with Crippen LogP contribution in [0.1, 0.15) is 64.2 Å². The van der Waals surface area contributed by atoms with Crippen LogP contribution in [-0.4, -0.2) is 48.2 Å². The zero-order valence-corrected chi connectivity index (χ0v) is 19.2. The molecular weight excluding hydrogens is 453 g/mol. The van der Waals surface area contributed by atoms with Gasteiger partial charge in [-0.25, -0.2) is 4.39 Å². The molecule has 33 heavy (non-hydrogen) atoms. The van der Waals surface area contributed by atoms with E-state index in [1.165, 1.54) is 18.2 Å². The molecule has 2 saturated carbocycles. The number of benzene rings is 1. The Morgan fingerprint density at radius 1 is 0.879 bits per heavy atom. The van der Waals surface area contributed by atoms with E-state index in [1.807, 2.05) is 0 Å². The van der Waals surface area contributed by atoms with Crippen molar-refractivity contribution in [3.8, 4) is 0 Å². The molecule has 5 atom stereocenters. The lowest BCUT2D eigenvalue weighted by atomic mass is 9.94. The van der Waals surface area contributed by atoms with Crippen molar-refractivity contribution in [2.24, 2.45) is 0 Å². The van der Waals surface area contributed by atoms with Crippen molar-refractivity contribution in [2.75, 3.05) is 5.32 Å². The number of hydrogen-bond donors (Lipinski definition) is 1. The topological polar surface area (TPSA) is 75.3 Å². The fourth-order valence-corrected chi connectivity index (χ4v) is 6.14. The molecule has 2 spiro atoms. The van der Waals surface area contributed by atoms with Crippen LogP contribution in [0.3, 0.4) is 0 Å². The average Bonchev–Trinajstić information content (AvgIpc) is 3.34. The molecule has 9 heteroatoms. The van der Waals surface area contributed by atoms with Gasteiger partial charge < -0.3 is 29.0 Å². The Bertz CT molecular complexity index is 918. The van der Waals surface area contributed by atoms with Gasteiger partial charge >= 0.3 is 0 Å². The molecule has 2 aliphatic carbocycles. The van der Waals surface area contributed by atoms with Crippen molar-refractivity contribution in [2.45, 2.75) is 106 Å². The van der Waals surface area contributed by atoms with Gasteiger partial charge in [0.05, 0.1) is 5.02 Å². The molecule has 3 heterocycles. The van der Waals surface area contributed by atoms with Crippen molar-refractivity contribution >= 4 is 23.2 Å². The molecule has 5 fully saturated rings. The van der Waals surface area contributed by atoms with Crippen LogP contribution < -0.4 is 5.32 Å². The summed E-state index contributed by atoms with van der Waals surface area (Å²) >= 11 is 5.89. The number of nitrogens with one attached hydrogen (secondary N) is 1. The maximum absolute atomic E-state index is 13.6. The summed E-state index contributed by atoms with van der Waals surface area (Å²) in [6.45, 7) is 0. The number of halogens is 2. The summed E-state index contributed by atoms with van der Waals surface area (Å²) in [5.74, 6) is -2.35. The third kappa shape index (κ3) is 3.98. The third-order valence-corrected chi connectivity index (χ3v) is 7.84. The van der Waals surface area contributed by atoms with Gasteiger partial charge in [0.1, 0.15) is 24.1 Å². The average molecular weight is 482 g/mol. The Kier molecular flexibility index (Phi) is 5.67. The van der Waals surface area contributed by atoms with E-state index < -0.39 is 54.0 Å². The van der Waals surface area contributed by atoms with Crippen LogP contribution >= 0.6 is 11.6 Å². The van der Waals surface area contributed by atoms with E-state index in [0.717, 1.165) is 64.2 Å². The van der Waals surface area contributed by atoms with Crippen molar-refractivity contribution in [3.63, 3.8) is 0 Å². The molecule has 3 saturated heterocycles. The standard InChI is InChI=1S/C24H29ClFNO6/c25-15-13-14(7-8-16(15)26)27-21(28)19-17-18(31-23(30-17)9-3-1-4-10-23)20-22(29-19)33-24(32-20)11-5-2-6-12-24/h7-8,13,17-20,22H,1-6,9-12H2,(H,27,28)/t17-,18-,19+,20+,22+/m0/s1. The molecule has 0 aromatic heterocycles. The first-order valence-corrected chi connectivity index (χ1v) is 12.5. The monoisotopic (exact) mass is 481 g/mol. The molecule has 180 valence electrons. The van der Waals surface area contributed by atoms with Gasteiger partial charge in [-0.2, -0.15) is 0 Å². The van der Waals surface area contributed by atoms with Crippen molar-refractivity contribution < 1.29 is 32.9 Å². The second-order valence-corrected chi connectivity index (χ2v) is 10.3.